The van der Waals surface area contributed by atoms with Crippen LogP contribution in [0, 0.1) is 6.92 Å². The van der Waals surface area contributed by atoms with E-state index in [9.17, 15) is 0 Å². The third-order valence-corrected chi connectivity index (χ3v) is 1.66. The molecule has 2 N–H and O–H groups in total. The second-order valence-electron chi connectivity index (χ2n) is 2.79. The fourth-order valence-electron chi connectivity index (χ4n) is 1.01. The van der Waals surface area contributed by atoms with Gasteiger partial charge in [0.25, 0.3) is 0 Å². The minimum Gasteiger partial charge on any atom is -0.430 e. The van der Waals surface area contributed by atoms with Crippen molar-refractivity contribution in [3.63, 3.8) is 0 Å². The van der Waals surface area contributed by atoms with Gasteiger partial charge >= 0.3 is 6.01 Å². The van der Waals surface area contributed by atoms with Crippen molar-refractivity contribution >= 4 is 0 Å². The van der Waals surface area contributed by atoms with Gasteiger partial charge in [0.2, 0.25) is 0 Å². The number of hydrogen-bond acceptors (Lipinski definition) is 4. The first-order valence-electron chi connectivity index (χ1n) is 3.95. The lowest BCUT2D eigenvalue weighted by Gasteiger charge is -1.90. The average Bonchev–Trinajstić information content (AvgIpc) is 2.71. The summed E-state index contributed by atoms with van der Waals surface area (Å²) in [5.41, 5.74) is 7.18. The first-order chi connectivity index (χ1) is 6.29. The van der Waals surface area contributed by atoms with Crippen LogP contribution in [0.4, 0.5) is 0 Å². The van der Waals surface area contributed by atoms with E-state index in [0.29, 0.717) is 12.6 Å². The van der Waals surface area contributed by atoms with Gasteiger partial charge in [0, 0.05) is 12.7 Å². The Hall–Kier alpha value is -1.62. The minimum atomic E-state index is 0.379. The van der Waals surface area contributed by atoms with E-state index < -0.39 is 0 Å². The highest BCUT2D eigenvalue weighted by molar-refractivity contribution is 5.12. The maximum atomic E-state index is 5.39. The predicted molar refractivity (Wildman–Crippen MR) is 46.3 cm³/mol. The molecule has 2 aromatic rings. The molecule has 0 aromatic carbocycles. The van der Waals surface area contributed by atoms with E-state index in [2.05, 4.69) is 10.1 Å². The van der Waals surface area contributed by atoms with E-state index in [4.69, 9.17) is 10.2 Å². The van der Waals surface area contributed by atoms with Crippen molar-refractivity contribution in [1.82, 2.24) is 14.8 Å². The molecule has 13 heavy (non-hydrogen) atoms. The van der Waals surface area contributed by atoms with E-state index in [-0.39, 0.29) is 0 Å². The average molecular weight is 178 g/mol. The molecule has 2 rings (SSSR count). The number of aryl methyl sites for hydroxylation is 1. The molecule has 0 amide bonds. The van der Waals surface area contributed by atoms with Crippen molar-refractivity contribution in [2.45, 2.75) is 13.5 Å². The Labute approximate surface area is 75.2 Å². The SMILES string of the molecule is Cc1cnn(-c2nc(CN)co2)c1. The molecule has 2 aromatic heterocycles. The van der Waals surface area contributed by atoms with Crippen molar-refractivity contribution in [3.8, 4) is 6.01 Å². The smallest absolute Gasteiger partial charge is 0.322 e. The molecule has 0 aliphatic rings. The number of rotatable bonds is 2. The van der Waals surface area contributed by atoms with Crippen molar-refractivity contribution in [1.29, 1.82) is 0 Å². The van der Waals surface area contributed by atoms with E-state index in [1.54, 1.807) is 10.9 Å². The van der Waals surface area contributed by atoms with Crippen LogP contribution in [-0.4, -0.2) is 14.8 Å². The second-order valence-corrected chi connectivity index (χ2v) is 2.79. The molecule has 0 bridgehead atoms. The summed E-state index contributed by atoms with van der Waals surface area (Å²) in [7, 11) is 0. The van der Waals surface area contributed by atoms with Gasteiger partial charge in [0.15, 0.2) is 0 Å². The molecular formula is C8H10N4O. The predicted octanol–water partition coefficient (Wildman–Crippen LogP) is 0.627. The maximum absolute atomic E-state index is 5.39. The van der Waals surface area contributed by atoms with Crippen LogP contribution in [0.1, 0.15) is 11.3 Å². The second kappa shape index (κ2) is 3.02. The molecule has 0 unspecified atom stereocenters. The van der Waals surface area contributed by atoms with E-state index in [0.717, 1.165) is 11.3 Å². The van der Waals surface area contributed by atoms with Crippen molar-refractivity contribution in [2.24, 2.45) is 5.73 Å². The molecule has 0 aliphatic heterocycles. The van der Waals surface area contributed by atoms with E-state index >= 15 is 0 Å². The van der Waals surface area contributed by atoms with Crippen LogP contribution in [0.5, 0.6) is 0 Å². The number of hydrogen-bond donors (Lipinski definition) is 1. The topological polar surface area (TPSA) is 69.9 Å². The number of nitrogens with zero attached hydrogens (tertiary/aromatic N) is 3. The number of aromatic nitrogens is 3. The van der Waals surface area contributed by atoms with Gasteiger partial charge in [-0.05, 0) is 12.5 Å². The first kappa shape index (κ1) is 8.00. The summed E-state index contributed by atoms with van der Waals surface area (Å²) >= 11 is 0. The van der Waals surface area contributed by atoms with Crippen LogP contribution in [0.2, 0.25) is 0 Å². The summed E-state index contributed by atoms with van der Waals surface area (Å²) in [6.07, 6.45) is 5.12. The van der Waals surface area contributed by atoms with Gasteiger partial charge < -0.3 is 10.2 Å². The fraction of sp³-hybridized carbons (Fsp3) is 0.250. The zero-order valence-electron chi connectivity index (χ0n) is 7.27. The molecule has 0 saturated heterocycles. The summed E-state index contributed by atoms with van der Waals surface area (Å²) in [6.45, 7) is 2.33. The van der Waals surface area contributed by atoms with Gasteiger partial charge in [0.1, 0.15) is 6.26 Å². The fourth-order valence-corrected chi connectivity index (χ4v) is 1.01. The lowest BCUT2D eigenvalue weighted by atomic mass is 10.4. The number of nitrogens with two attached hydrogens (primary N) is 1. The highest BCUT2D eigenvalue weighted by Crippen LogP contribution is 2.07. The Morgan fingerprint density at radius 3 is 3.00 bits per heavy atom. The van der Waals surface area contributed by atoms with Gasteiger partial charge in [0.05, 0.1) is 11.9 Å². The van der Waals surface area contributed by atoms with Crippen LogP contribution in [-0.2, 0) is 6.54 Å². The van der Waals surface area contributed by atoms with Crippen molar-refractivity contribution in [2.75, 3.05) is 0 Å². The van der Waals surface area contributed by atoms with Crippen LogP contribution in [0.25, 0.3) is 6.01 Å². The zero-order valence-corrected chi connectivity index (χ0v) is 7.27. The summed E-state index contributed by atoms with van der Waals surface area (Å²) in [6, 6.07) is 0.452. The Balaban J connectivity index is 2.35. The highest BCUT2D eigenvalue weighted by Gasteiger charge is 2.04. The summed E-state index contributed by atoms with van der Waals surface area (Å²) in [5.74, 6) is 0. The van der Waals surface area contributed by atoms with Crippen LogP contribution >= 0.6 is 0 Å². The van der Waals surface area contributed by atoms with Gasteiger partial charge in [-0.2, -0.15) is 14.8 Å². The lowest BCUT2D eigenvalue weighted by Crippen LogP contribution is -1.98. The molecule has 0 atom stereocenters. The van der Waals surface area contributed by atoms with E-state index in [1.807, 2.05) is 13.1 Å². The van der Waals surface area contributed by atoms with Crippen LogP contribution in [0.15, 0.2) is 23.1 Å². The lowest BCUT2D eigenvalue weighted by molar-refractivity contribution is 0.509. The molecule has 2 heterocycles. The first-order valence-corrected chi connectivity index (χ1v) is 3.95. The van der Waals surface area contributed by atoms with Crippen LogP contribution < -0.4 is 5.73 Å². The summed E-state index contributed by atoms with van der Waals surface area (Å²) < 4.78 is 6.74. The number of oxazole rings is 1. The largest absolute Gasteiger partial charge is 0.430 e. The third-order valence-electron chi connectivity index (χ3n) is 1.66. The van der Waals surface area contributed by atoms with E-state index in [1.165, 1.54) is 6.26 Å². The van der Waals surface area contributed by atoms with Gasteiger partial charge in [-0.15, -0.1) is 0 Å². The molecule has 0 saturated carbocycles. The van der Waals surface area contributed by atoms with Gasteiger partial charge in [-0.1, -0.05) is 0 Å². The van der Waals surface area contributed by atoms with Crippen LogP contribution in [0.3, 0.4) is 0 Å². The maximum Gasteiger partial charge on any atom is 0.322 e. The van der Waals surface area contributed by atoms with Gasteiger partial charge in [-0.3, -0.25) is 0 Å². The molecule has 5 nitrogen and oxygen atoms in total. The molecular weight excluding hydrogens is 168 g/mol. The molecule has 0 radical (unpaired) electrons. The summed E-state index contributed by atoms with van der Waals surface area (Å²) in [5, 5.41) is 4.05. The third kappa shape index (κ3) is 1.46. The molecule has 0 aliphatic carbocycles. The minimum absolute atomic E-state index is 0.379. The quantitative estimate of drug-likeness (QED) is 0.732. The Bertz CT molecular complexity index is 404. The van der Waals surface area contributed by atoms with Crippen molar-refractivity contribution in [3.05, 3.63) is 29.9 Å². The van der Waals surface area contributed by atoms with Crippen molar-refractivity contribution < 1.29 is 4.42 Å². The Morgan fingerprint density at radius 1 is 1.62 bits per heavy atom. The van der Waals surface area contributed by atoms with Gasteiger partial charge in [-0.25, -0.2) is 0 Å². The normalized spacial score (nSPS) is 10.6. The monoisotopic (exact) mass is 178 g/mol. The molecule has 0 fully saturated rings. The zero-order chi connectivity index (χ0) is 9.26. The molecule has 68 valence electrons. The standard InChI is InChI=1S/C8H10N4O/c1-6-3-10-12(4-6)8-11-7(2-9)5-13-8/h3-5H,2,9H2,1H3. The molecule has 0 spiro atoms. The Morgan fingerprint density at radius 2 is 2.46 bits per heavy atom. The molecule has 5 heteroatoms. The highest BCUT2D eigenvalue weighted by atomic mass is 16.4. The Kier molecular flexibility index (Phi) is 1.86. The summed E-state index contributed by atoms with van der Waals surface area (Å²) in [4.78, 5) is 4.12.